The van der Waals surface area contributed by atoms with E-state index in [9.17, 15) is 13.6 Å². The lowest BCUT2D eigenvalue weighted by Gasteiger charge is -2.16. The monoisotopic (exact) mass is 389 g/mol. The molecule has 5 nitrogen and oxygen atoms in total. The Hall–Kier alpha value is -2.74. The van der Waals surface area contributed by atoms with Crippen LogP contribution in [0.25, 0.3) is 11.5 Å². The number of benzene rings is 2. The largest absolute Gasteiger partial charge is 0.411 e. The van der Waals surface area contributed by atoms with E-state index in [0.717, 1.165) is 17.3 Å². The third-order valence-corrected chi connectivity index (χ3v) is 4.82. The Bertz CT molecular complexity index is 931. The van der Waals surface area contributed by atoms with Crippen LogP contribution in [0.15, 0.2) is 58.2 Å². The number of hydrogen-bond donors (Lipinski definition) is 1. The van der Waals surface area contributed by atoms with Crippen LogP contribution >= 0.6 is 11.8 Å². The minimum atomic E-state index is -0.512. The fourth-order valence-corrected chi connectivity index (χ4v) is 3.06. The third-order valence-electron chi connectivity index (χ3n) is 3.89. The summed E-state index contributed by atoms with van der Waals surface area (Å²) >= 11 is 1.08. The van der Waals surface area contributed by atoms with E-state index in [1.54, 1.807) is 31.2 Å². The van der Waals surface area contributed by atoms with Crippen molar-refractivity contribution in [3.63, 3.8) is 0 Å². The van der Waals surface area contributed by atoms with E-state index in [4.69, 9.17) is 4.42 Å². The fourth-order valence-electron chi connectivity index (χ4n) is 2.37. The number of halogens is 2. The smallest absolute Gasteiger partial charge is 0.277 e. The van der Waals surface area contributed by atoms with E-state index in [1.807, 2.05) is 6.92 Å². The second-order valence-corrected chi connectivity index (χ2v) is 7.19. The number of hydrogen-bond acceptors (Lipinski definition) is 5. The standard InChI is InChI=1S/C19H17F2N3O2S/c1-11(13-7-9-14(20)10-8-13)22-17(25)12(2)27-19-24-23-18(26-19)15-5-3-4-6-16(15)21/h3-12H,1-2H3,(H,22,25)/t11-,12+/m0/s1. The maximum atomic E-state index is 13.8. The number of carbonyl (C=O) groups excluding carboxylic acids is 1. The Kier molecular flexibility index (Phi) is 5.85. The molecule has 0 aliphatic heterocycles. The van der Waals surface area contributed by atoms with Gasteiger partial charge in [-0.2, -0.15) is 0 Å². The van der Waals surface area contributed by atoms with E-state index >= 15 is 0 Å². The molecule has 3 rings (SSSR count). The quantitative estimate of drug-likeness (QED) is 0.634. The molecule has 0 unspecified atom stereocenters. The van der Waals surface area contributed by atoms with Gasteiger partial charge in [-0.05, 0) is 43.7 Å². The molecule has 1 aromatic heterocycles. The molecule has 1 heterocycles. The lowest BCUT2D eigenvalue weighted by Crippen LogP contribution is -2.33. The molecular weight excluding hydrogens is 372 g/mol. The van der Waals surface area contributed by atoms with Crippen LogP contribution < -0.4 is 5.32 Å². The van der Waals surface area contributed by atoms with Crippen molar-refractivity contribution in [2.24, 2.45) is 0 Å². The highest BCUT2D eigenvalue weighted by molar-refractivity contribution is 8.00. The normalized spacial score (nSPS) is 13.2. The van der Waals surface area contributed by atoms with Crippen LogP contribution in [0.3, 0.4) is 0 Å². The summed E-state index contributed by atoms with van der Waals surface area (Å²) in [5.41, 5.74) is 1.00. The molecule has 8 heteroatoms. The summed E-state index contributed by atoms with van der Waals surface area (Å²) in [6.07, 6.45) is 0. The average molecular weight is 389 g/mol. The SMILES string of the molecule is C[C@H](NC(=O)[C@@H](C)Sc1nnc(-c2ccccc2F)o1)c1ccc(F)cc1. The molecule has 1 amide bonds. The van der Waals surface area contributed by atoms with Gasteiger partial charge in [0.1, 0.15) is 11.6 Å². The average Bonchev–Trinajstić information content (AvgIpc) is 3.10. The summed E-state index contributed by atoms with van der Waals surface area (Å²) in [5.74, 6) is -0.967. The van der Waals surface area contributed by atoms with Crippen LogP contribution in [0.2, 0.25) is 0 Å². The zero-order chi connectivity index (χ0) is 19.4. The van der Waals surface area contributed by atoms with Crippen molar-refractivity contribution in [2.75, 3.05) is 0 Å². The Morgan fingerprint density at radius 2 is 1.78 bits per heavy atom. The van der Waals surface area contributed by atoms with Crippen molar-refractivity contribution in [1.29, 1.82) is 0 Å². The van der Waals surface area contributed by atoms with Gasteiger partial charge in [0.2, 0.25) is 5.91 Å². The van der Waals surface area contributed by atoms with E-state index in [1.165, 1.54) is 24.3 Å². The van der Waals surface area contributed by atoms with Crippen LogP contribution in [0, 0.1) is 11.6 Å². The van der Waals surface area contributed by atoms with Crippen molar-refractivity contribution >= 4 is 17.7 Å². The van der Waals surface area contributed by atoms with Gasteiger partial charge >= 0.3 is 0 Å². The molecule has 3 aromatic rings. The van der Waals surface area contributed by atoms with Crippen molar-refractivity contribution in [3.8, 4) is 11.5 Å². The molecule has 2 aromatic carbocycles. The van der Waals surface area contributed by atoms with Gasteiger partial charge in [0.05, 0.1) is 16.9 Å². The molecular formula is C19H17F2N3O2S. The lowest BCUT2D eigenvalue weighted by molar-refractivity contribution is -0.120. The summed E-state index contributed by atoms with van der Waals surface area (Å²) in [7, 11) is 0. The highest BCUT2D eigenvalue weighted by Crippen LogP contribution is 2.27. The van der Waals surface area contributed by atoms with Gasteiger partial charge < -0.3 is 9.73 Å². The number of aromatic nitrogens is 2. The number of nitrogens with one attached hydrogen (secondary N) is 1. The van der Waals surface area contributed by atoms with Crippen LogP contribution in [0.5, 0.6) is 0 Å². The molecule has 1 N–H and O–H groups in total. The van der Waals surface area contributed by atoms with Crippen LogP contribution in [-0.4, -0.2) is 21.4 Å². The number of carbonyl (C=O) groups is 1. The van der Waals surface area contributed by atoms with Crippen LogP contribution in [0.1, 0.15) is 25.5 Å². The Balaban J connectivity index is 1.61. The predicted molar refractivity (Wildman–Crippen MR) is 98.0 cm³/mol. The summed E-state index contributed by atoms with van der Waals surface area (Å²) in [6, 6.07) is 11.7. The molecule has 0 spiro atoms. The molecule has 0 saturated carbocycles. The summed E-state index contributed by atoms with van der Waals surface area (Å²) in [4.78, 5) is 12.4. The van der Waals surface area contributed by atoms with Gasteiger partial charge in [-0.1, -0.05) is 36.0 Å². The van der Waals surface area contributed by atoms with Crippen molar-refractivity contribution < 1.29 is 18.0 Å². The van der Waals surface area contributed by atoms with Crippen molar-refractivity contribution in [1.82, 2.24) is 15.5 Å². The highest BCUT2D eigenvalue weighted by atomic mass is 32.2. The maximum absolute atomic E-state index is 13.8. The van der Waals surface area contributed by atoms with Gasteiger partial charge in [-0.25, -0.2) is 8.78 Å². The zero-order valence-electron chi connectivity index (χ0n) is 14.6. The molecule has 0 bridgehead atoms. The van der Waals surface area contributed by atoms with E-state index in [0.29, 0.717) is 0 Å². The molecule has 0 radical (unpaired) electrons. The predicted octanol–water partition coefficient (Wildman–Crippen LogP) is 4.37. The first kappa shape index (κ1) is 19.0. The van der Waals surface area contributed by atoms with E-state index in [-0.39, 0.29) is 34.4 Å². The second-order valence-electron chi connectivity index (χ2n) is 5.89. The van der Waals surface area contributed by atoms with Gasteiger partial charge in [-0.15, -0.1) is 10.2 Å². The molecule has 0 saturated heterocycles. The topological polar surface area (TPSA) is 68.0 Å². The summed E-state index contributed by atoms with van der Waals surface area (Å²) < 4.78 is 32.2. The van der Waals surface area contributed by atoms with Gasteiger partial charge in [0.15, 0.2) is 0 Å². The van der Waals surface area contributed by atoms with E-state index < -0.39 is 11.1 Å². The van der Waals surface area contributed by atoms with Gasteiger partial charge in [0.25, 0.3) is 11.1 Å². The highest BCUT2D eigenvalue weighted by Gasteiger charge is 2.21. The van der Waals surface area contributed by atoms with Gasteiger partial charge in [-0.3, -0.25) is 4.79 Å². The lowest BCUT2D eigenvalue weighted by atomic mass is 10.1. The summed E-state index contributed by atoms with van der Waals surface area (Å²) in [5, 5.41) is 10.2. The summed E-state index contributed by atoms with van der Waals surface area (Å²) in [6.45, 7) is 3.51. The molecule has 0 fully saturated rings. The Morgan fingerprint density at radius 3 is 2.48 bits per heavy atom. The molecule has 0 aliphatic carbocycles. The number of nitrogens with zero attached hydrogens (tertiary/aromatic N) is 2. The Labute approximate surface area is 159 Å². The molecule has 27 heavy (non-hydrogen) atoms. The third kappa shape index (κ3) is 4.71. The second kappa shape index (κ2) is 8.30. The molecule has 2 atom stereocenters. The van der Waals surface area contributed by atoms with Crippen molar-refractivity contribution in [3.05, 3.63) is 65.7 Å². The number of thioether (sulfide) groups is 1. The number of rotatable bonds is 6. The maximum Gasteiger partial charge on any atom is 0.277 e. The van der Waals surface area contributed by atoms with Gasteiger partial charge in [0, 0.05) is 0 Å². The molecule has 140 valence electrons. The number of amides is 1. The first-order valence-corrected chi connectivity index (χ1v) is 9.13. The first-order valence-electron chi connectivity index (χ1n) is 8.25. The van der Waals surface area contributed by atoms with Crippen LogP contribution in [0.4, 0.5) is 8.78 Å². The minimum absolute atomic E-state index is 0.0582. The minimum Gasteiger partial charge on any atom is -0.411 e. The molecule has 0 aliphatic rings. The first-order chi connectivity index (χ1) is 12.9. The Morgan fingerprint density at radius 1 is 1.07 bits per heavy atom. The van der Waals surface area contributed by atoms with Crippen LogP contribution in [-0.2, 0) is 4.79 Å². The van der Waals surface area contributed by atoms with Crippen molar-refractivity contribution in [2.45, 2.75) is 30.4 Å². The van der Waals surface area contributed by atoms with E-state index in [2.05, 4.69) is 15.5 Å². The zero-order valence-corrected chi connectivity index (χ0v) is 15.5. The fraction of sp³-hybridized carbons (Fsp3) is 0.211.